The SMILES string of the molecule is c1cc(Cc2cccc(-c3ccn[nH]3)n2)nc(-c2ccn[nH]2)c1. The van der Waals surface area contributed by atoms with E-state index in [1.807, 2.05) is 48.5 Å². The average Bonchev–Trinajstić information content (AvgIpc) is 3.29. The van der Waals surface area contributed by atoms with Gasteiger partial charge in [0.1, 0.15) is 0 Å². The lowest BCUT2D eigenvalue weighted by Gasteiger charge is -2.05. The molecule has 0 aromatic carbocycles. The van der Waals surface area contributed by atoms with Crippen molar-refractivity contribution >= 4 is 0 Å². The Labute approximate surface area is 132 Å². The summed E-state index contributed by atoms with van der Waals surface area (Å²) in [5.74, 6) is 0. The van der Waals surface area contributed by atoms with Crippen molar-refractivity contribution in [2.75, 3.05) is 0 Å². The van der Waals surface area contributed by atoms with Gasteiger partial charge in [0, 0.05) is 30.2 Å². The van der Waals surface area contributed by atoms with E-state index in [1.165, 1.54) is 0 Å². The van der Waals surface area contributed by atoms with Crippen LogP contribution in [0.25, 0.3) is 22.8 Å². The minimum Gasteiger partial charge on any atom is -0.276 e. The Morgan fingerprint density at radius 3 is 1.61 bits per heavy atom. The zero-order chi connectivity index (χ0) is 15.5. The molecule has 0 amide bonds. The van der Waals surface area contributed by atoms with Crippen LogP contribution in [0.1, 0.15) is 11.4 Å². The zero-order valence-corrected chi connectivity index (χ0v) is 12.3. The summed E-state index contributed by atoms with van der Waals surface area (Å²) in [5, 5.41) is 13.8. The number of pyridine rings is 2. The predicted molar refractivity (Wildman–Crippen MR) is 86.4 cm³/mol. The summed E-state index contributed by atoms with van der Waals surface area (Å²) in [6, 6.07) is 15.7. The molecule has 4 heterocycles. The molecule has 112 valence electrons. The first-order chi connectivity index (χ1) is 11.4. The van der Waals surface area contributed by atoms with Gasteiger partial charge in [0.25, 0.3) is 0 Å². The Morgan fingerprint density at radius 1 is 0.652 bits per heavy atom. The fourth-order valence-electron chi connectivity index (χ4n) is 2.44. The Bertz CT molecular complexity index is 821. The lowest BCUT2D eigenvalue weighted by Crippen LogP contribution is -1.97. The number of nitrogens with zero attached hydrogens (tertiary/aromatic N) is 4. The quantitative estimate of drug-likeness (QED) is 0.607. The summed E-state index contributed by atoms with van der Waals surface area (Å²) < 4.78 is 0. The topological polar surface area (TPSA) is 83.1 Å². The van der Waals surface area contributed by atoms with Crippen LogP contribution < -0.4 is 0 Å². The van der Waals surface area contributed by atoms with Gasteiger partial charge >= 0.3 is 0 Å². The van der Waals surface area contributed by atoms with Crippen molar-refractivity contribution in [2.24, 2.45) is 0 Å². The van der Waals surface area contributed by atoms with Gasteiger partial charge in [-0.3, -0.25) is 20.2 Å². The molecule has 0 radical (unpaired) electrons. The molecule has 23 heavy (non-hydrogen) atoms. The normalized spacial score (nSPS) is 10.8. The van der Waals surface area contributed by atoms with Crippen molar-refractivity contribution in [1.82, 2.24) is 30.4 Å². The smallest absolute Gasteiger partial charge is 0.0883 e. The number of H-pyrrole nitrogens is 2. The van der Waals surface area contributed by atoms with Crippen LogP contribution in [0.2, 0.25) is 0 Å². The standard InChI is InChI=1S/C17H14N6/c1-3-12(20-14(5-1)16-7-9-18-22-16)11-13-4-2-6-15(21-13)17-8-10-19-23-17/h1-10H,11H2,(H,18,22)(H,19,23). The van der Waals surface area contributed by atoms with Crippen LogP contribution in [-0.2, 0) is 6.42 Å². The van der Waals surface area contributed by atoms with Gasteiger partial charge in [-0.1, -0.05) is 12.1 Å². The Kier molecular flexibility index (Phi) is 3.40. The maximum Gasteiger partial charge on any atom is 0.0883 e. The Hall–Kier alpha value is -3.28. The van der Waals surface area contributed by atoms with Gasteiger partial charge < -0.3 is 0 Å². The van der Waals surface area contributed by atoms with Crippen LogP contribution in [0.15, 0.2) is 60.9 Å². The van der Waals surface area contributed by atoms with Crippen molar-refractivity contribution in [2.45, 2.75) is 6.42 Å². The van der Waals surface area contributed by atoms with Crippen molar-refractivity contribution in [3.63, 3.8) is 0 Å². The molecule has 0 spiro atoms. The Morgan fingerprint density at radius 2 is 1.17 bits per heavy atom. The van der Waals surface area contributed by atoms with E-state index in [9.17, 15) is 0 Å². The number of aromatic nitrogens is 6. The van der Waals surface area contributed by atoms with E-state index < -0.39 is 0 Å². The van der Waals surface area contributed by atoms with Crippen molar-refractivity contribution < 1.29 is 0 Å². The molecule has 6 nitrogen and oxygen atoms in total. The molecular formula is C17H14N6. The number of hydrogen-bond acceptors (Lipinski definition) is 4. The van der Waals surface area contributed by atoms with Gasteiger partial charge in [0.15, 0.2) is 0 Å². The molecule has 4 rings (SSSR count). The first kappa shape index (κ1) is 13.4. The molecule has 4 aromatic rings. The lowest BCUT2D eigenvalue weighted by molar-refractivity contribution is 1.00. The molecule has 0 bridgehead atoms. The molecule has 0 aliphatic carbocycles. The first-order valence-electron chi connectivity index (χ1n) is 7.30. The number of rotatable bonds is 4. The molecule has 0 aliphatic heterocycles. The molecule has 4 aromatic heterocycles. The third-order valence-corrected chi connectivity index (χ3v) is 3.53. The maximum absolute atomic E-state index is 4.67. The van der Waals surface area contributed by atoms with Gasteiger partial charge in [-0.25, -0.2) is 0 Å². The van der Waals surface area contributed by atoms with Crippen LogP contribution in [0.4, 0.5) is 0 Å². The van der Waals surface area contributed by atoms with E-state index in [2.05, 4.69) is 30.4 Å². The van der Waals surface area contributed by atoms with Crippen LogP contribution in [-0.4, -0.2) is 30.4 Å². The van der Waals surface area contributed by atoms with E-state index in [1.54, 1.807) is 12.4 Å². The number of nitrogens with one attached hydrogen (secondary N) is 2. The fraction of sp³-hybridized carbons (Fsp3) is 0.0588. The predicted octanol–water partition coefficient (Wildman–Crippen LogP) is 2.85. The van der Waals surface area contributed by atoms with Crippen molar-refractivity contribution in [1.29, 1.82) is 0 Å². The zero-order valence-electron chi connectivity index (χ0n) is 12.3. The average molecular weight is 302 g/mol. The summed E-state index contributed by atoms with van der Waals surface area (Å²) in [4.78, 5) is 9.34. The highest BCUT2D eigenvalue weighted by atomic mass is 15.1. The fourth-order valence-corrected chi connectivity index (χ4v) is 2.44. The number of aromatic amines is 2. The molecule has 0 fully saturated rings. The summed E-state index contributed by atoms with van der Waals surface area (Å²) in [5.41, 5.74) is 5.50. The first-order valence-corrected chi connectivity index (χ1v) is 7.30. The largest absolute Gasteiger partial charge is 0.276 e. The highest BCUT2D eigenvalue weighted by Crippen LogP contribution is 2.17. The van der Waals surface area contributed by atoms with Crippen LogP contribution >= 0.6 is 0 Å². The maximum atomic E-state index is 4.67. The lowest BCUT2D eigenvalue weighted by atomic mass is 10.1. The Balaban J connectivity index is 1.61. The summed E-state index contributed by atoms with van der Waals surface area (Å²) in [7, 11) is 0. The summed E-state index contributed by atoms with van der Waals surface area (Å²) >= 11 is 0. The monoisotopic (exact) mass is 302 g/mol. The third kappa shape index (κ3) is 2.87. The summed E-state index contributed by atoms with van der Waals surface area (Å²) in [6.07, 6.45) is 4.11. The second-order valence-corrected chi connectivity index (χ2v) is 5.15. The molecule has 0 atom stereocenters. The van der Waals surface area contributed by atoms with E-state index in [0.29, 0.717) is 6.42 Å². The second-order valence-electron chi connectivity index (χ2n) is 5.15. The minimum atomic E-state index is 0.671. The highest BCUT2D eigenvalue weighted by Gasteiger charge is 2.06. The third-order valence-electron chi connectivity index (χ3n) is 3.53. The van der Waals surface area contributed by atoms with Crippen LogP contribution in [0.5, 0.6) is 0 Å². The van der Waals surface area contributed by atoms with E-state index in [0.717, 1.165) is 34.2 Å². The molecule has 0 unspecified atom stereocenters. The molecule has 0 aliphatic rings. The van der Waals surface area contributed by atoms with Crippen molar-refractivity contribution in [3.05, 3.63) is 72.3 Å². The van der Waals surface area contributed by atoms with E-state index in [4.69, 9.17) is 0 Å². The van der Waals surface area contributed by atoms with Crippen LogP contribution in [0.3, 0.4) is 0 Å². The highest BCUT2D eigenvalue weighted by molar-refractivity contribution is 5.54. The minimum absolute atomic E-state index is 0.671. The van der Waals surface area contributed by atoms with Crippen LogP contribution in [0, 0.1) is 0 Å². The van der Waals surface area contributed by atoms with Gasteiger partial charge in [0.05, 0.1) is 22.8 Å². The molecule has 0 saturated heterocycles. The molecular weight excluding hydrogens is 288 g/mol. The molecule has 2 N–H and O–H groups in total. The van der Waals surface area contributed by atoms with Crippen molar-refractivity contribution in [3.8, 4) is 22.8 Å². The molecule has 6 heteroatoms. The van der Waals surface area contributed by atoms with Gasteiger partial charge in [-0.05, 0) is 36.4 Å². The van der Waals surface area contributed by atoms with Gasteiger partial charge in [0.2, 0.25) is 0 Å². The molecule has 0 saturated carbocycles. The number of hydrogen-bond donors (Lipinski definition) is 2. The van der Waals surface area contributed by atoms with E-state index >= 15 is 0 Å². The second kappa shape index (κ2) is 5.84. The van der Waals surface area contributed by atoms with Gasteiger partial charge in [-0.15, -0.1) is 0 Å². The van der Waals surface area contributed by atoms with E-state index in [-0.39, 0.29) is 0 Å². The van der Waals surface area contributed by atoms with Gasteiger partial charge in [-0.2, -0.15) is 10.2 Å². The summed E-state index contributed by atoms with van der Waals surface area (Å²) in [6.45, 7) is 0.